The fraction of sp³-hybridized carbons (Fsp3) is 0.562. The molecule has 0 radical (unpaired) electrons. The van der Waals surface area contributed by atoms with E-state index in [1.807, 2.05) is 0 Å². The highest BCUT2D eigenvalue weighted by Gasteiger charge is 2.32. The summed E-state index contributed by atoms with van der Waals surface area (Å²) in [6.45, 7) is 1.60. The Bertz CT molecular complexity index is 732. The van der Waals surface area contributed by atoms with Gasteiger partial charge in [-0.2, -0.15) is 13.2 Å². The largest absolute Gasteiger partial charge is 0.433 e. The molecular weight excluding hydrogens is 371 g/mol. The standard InChI is InChI=1S/C16H22F3N3OS2/c1-11(12-8-9-14(20-10-12)16(17,18)19)25(2,23)22-15(24)21-13-6-4-3-5-7-13/h8-10,13H,3-7H2,1-2H3,(H2,21,22,23,24). The van der Waals surface area contributed by atoms with E-state index in [2.05, 4.69) is 15.0 Å². The van der Waals surface area contributed by atoms with Crippen molar-refractivity contribution in [3.63, 3.8) is 0 Å². The molecule has 2 N–H and O–H groups in total. The van der Waals surface area contributed by atoms with Crippen molar-refractivity contribution < 1.29 is 17.4 Å². The van der Waals surface area contributed by atoms with E-state index in [1.54, 1.807) is 6.92 Å². The second-order valence-corrected chi connectivity index (χ2v) is 9.15. The molecule has 1 saturated carbocycles. The van der Waals surface area contributed by atoms with Gasteiger partial charge in [0, 0.05) is 28.9 Å². The van der Waals surface area contributed by atoms with Crippen LogP contribution in [0.25, 0.3) is 0 Å². The van der Waals surface area contributed by atoms with Crippen molar-refractivity contribution in [2.45, 2.75) is 51.2 Å². The maximum atomic E-state index is 12.9. The summed E-state index contributed by atoms with van der Waals surface area (Å²) in [5.41, 5.74) is -0.595. The van der Waals surface area contributed by atoms with Crippen molar-refractivity contribution >= 4 is 31.9 Å². The third kappa shape index (κ3) is 5.57. The van der Waals surface area contributed by atoms with Crippen molar-refractivity contribution in [1.82, 2.24) is 15.0 Å². The maximum absolute atomic E-state index is 12.9. The topological polar surface area (TPSA) is 54.0 Å². The molecule has 0 amide bonds. The Morgan fingerprint density at radius 1 is 1.28 bits per heavy atom. The van der Waals surface area contributed by atoms with Gasteiger partial charge in [-0.25, -0.2) is 4.21 Å². The summed E-state index contributed by atoms with van der Waals surface area (Å²) in [4.78, 5) is 3.81. The number of thiocarbonyl (C=S) groups is 1. The first-order chi connectivity index (χ1) is 11.6. The fourth-order valence-electron chi connectivity index (χ4n) is 2.71. The first-order valence-electron chi connectivity index (χ1n) is 8.04. The Hall–Kier alpha value is -1.35. The molecule has 0 aliphatic heterocycles. The van der Waals surface area contributed by atoms with Crippen molar-refractivity contribution in [1.29, 1.82) is 0 Å². The van der Waals surface area contributed by atoms with Gasteiger partial charge in [0.25, 0.3) is 0 Å². The van der Waals surface area contributed by atoms with Crippen LogP contribution in [-0.4, -0.2) is 31.5 Å². The summed E-state index contributed by atoms with van der Waals surface area (Å²) in [5.74, 6) is 0. The zero-order valence-corrected chi connectivity index (χ0v) is 15.8. The summed E-state index contributed by atoms with van der Waals surface area (Å²) in [7, 11) is -2.72. The van der Waals surface area contributed by atoms with E-state index in [4.69, 9.17) is 12.2 Å². The van der Waals surface area contributed by atoms with Crippen LogP contribution in [0.15, 0.2) is 18.3 Å². The van der Waals surface area contributed by atoms with E-state index in [-0.39, 0.29) is 6.04 Å². The summed E-state index contributed by atoms with van der Waals surface area (Å²) in [6.07, 6.45) is 3.63. The fourth-order valence-corrected chi connectivity index (χ4v) is 4.49. The maximum Gasteiger partial charge on any atom is 0.433 e. The van der Waals surface area contributed by atoms with Crippen molar-refractivity contribution in [3.8, 4) is 0 Å². The average Bonchev–Trinajstić information content (AvgIpc) is 2.53. The molecule has 25 heavy (non-hydrogen) atoms. The Kier molecular flexibility index (Phi) is 6.31. The van der Waals surface area contributed by atoms with E-state index in [9.17, 15) is 17.4 Å². The second kappa shape index (κ2) is 7.90. The van der Waals surface area contributed by atoms with E-state index in [0.29, 0.717) is 15.5 Å². The van der Waals surface area contributed by atoms with E-state index < -0.39 is 21.6 Å². The lowest BCUT2D eigenvalue weighted by Gasteiger charge is -2.25. The minimum Gasteiger partial charge on any atom is -0.359 e. The average molecular weight is 394 g/mol. The molecular formula is C16H22F3N3OS2. The number of rotatable bonds is 3. The minimum absolute atomic E-state index is 0.275. The number of hydrogen-bond acceptors (Lipinski definition) is 3. The third-order valence-corrected chi connectivity index (χ3v) is 6.62. The van der Waals surface area contributed by atoms with Gasteiger partial charge in [-0.1, -0.05) is 25.3 Å². The summed E-state index contributed by atoms with van der Waals surface area (Å²) in [5, 5.41) is 3.48. The minimum atomic E-state index is -4.50. The van der Waals surface area contributed by atoms with Crippen LogP contribution >= 0.6 is 12.2 Å². The Balaban J connectivity index is 2.12. The Morgan fingerprint density at radius 2 is 1.92 bits per heavy atom. The summed E-state index contributed by atoms with van der Waals surface area (Å²) >= 11 is 5.24. The highest BCUT2D eigenvalue weighted by Crippen LogP contribution is 2.27. The lowest BCUT2D eigenvalue weighted by Crippen LogP contribution is -2.45. The van der Waals surface area contributed by atoms with Crippen molar-refractivity contribution in [2.24, 2.45) is 0 Å². The normalized spacial score (nSPS) is 18.3. The van der Waals surface area contributed by atoms with Crippen LogP contribution in [-0.2, 0) is 15.9 Å². The molecule has 1 fully saturated rings. The molecule has 0 aromatic carbocycles. The highest BCUT2D eigenvalue weighted by atomic mass is 32.2. The monoisotopic (exact) mass is 393 g/mol. The Morgan fingerprint density at radius 3 is 2.44 bits per heavy atom. The lowest BCUT2D eigenvalue weighted by atomic mass is 9.96. The van der Waals surface area contributed by atoms with Gasteiger partial charge in [-0.3, -0.25) is 9.71 Å². The van der Waals surface area contributed by atoms with Gasteiger partial charge in [-0.15, -0.1) is 0 Å². The van der Waals surface area contributed by atoms with E-state index in [1.165, 1.54) is 18.7 Å². The second-order valence-electron chi connectivity index (χ2n) is 6.24. The Labute approximate surface area is 151 Å². The van der Waals surface area contributed by atoms with Crippen LogP contribution in [0.1, 0.15) is 50.3 Å². The molecule has 0 saturated heterocycles. The first kappa shape index (κ1) is 20.0. The van der Waals surface area contributed by atoms with Gasteiger partial charge in [0.1, 0.15) is 5.69 Å². The lowest BCUT2D eigenvalue weighted by molar-refractivity contribution is -0.141. The molecule has 1 aliphatic rings. The number of nitrogens with zero attached hydrogens (tertiary/aromatic N) is 1. The van der Waals surface area contributed by atoms with Gasteiger partial charge in [0.2, 0.25) is 0 Å². The SMILES string of the molecule is CC(c1ccc(C(F)(F)F)nc1)=S(C)(=O)NC(=S)NC1CCCCC1. The van der Waals surface area contributed by atoms with E-state index >= 15 is 0 Å². The molecule has 1 aromatic heterocycles. The van der Waals surface area contributed by atoms with E-state index in [0.717, 1.165) is 37.9 Å². The van der Waals surface area contributed by atoms with Crippen LogP contribution in [0.2, 0.25) is 0 Å². The van der Waals surface area contributed by atoms with Crippen molar-refractivity contribution in [3.05, 3.63) is 29.6 Å². The number of pyridine rings is 1. The first-order valence-corrected chi connectivity index (χ1v) is 10.4. The number of nitrogens with one attached hydrogen (secondary N) is 2. The van der Waals surface area contributed by atoms with Gasteiger partial charge < -0.3 is 5.32 Å². The van der Waals surface area contributed by atoms with Crippen LogP contribution in [0.3, 0.4) is 0 Å². The molecule has 9 heteroatoms. The number of aromatic nitrogens is 1. The molecule has 0 spiro atoms. The predicted molar refractivity (Wildman–Crippen MR) is 98.8 cm³/mol. The third-order valence-electron chi connectivity index (χ3n) is 4.27. The van der Waals surface area contributed by atoms with Gasteiger partial charge >= 0.3 is 6.18 Å². The zero-order valence-electron chi connectivity index (χ0n) is 14.2. The highest BCUT2D eigenvalue weighted by molar-refractivity contribution is 8.01. The summed E-state index contributed by atoms with van der Waals surface area (Å²) < 4.78 is 53.5. The molecule has 0 bridgehead atoms. The molecule has 1 aromatic rings. The molecule has 1 aliphatic carbocycles. The number of hydrogen-bond donors (Lipinski definition) is 2. The number of alkyl halides is 3. The quantitative estimate of drug-likeness (QED) is 0.611. The van der Waals surface area contributed by atoms with Crippen LogP contribution in [0.5, 0.6) is 0 Å². The predicted octanol–water partition coefficient (Wildman–Crippen LogP) is 3.27. The molecule has 1 heterocycles. The van der Waals surface area contributed by atoms with Crippen LogP contribution < -0.4 is 10.0 Å². The summed E-state index contributed by atoms with van der Waals surface area (Å²) in [6, 6.07) is 2.43. The smallest absolute Gasteiger partial charge is 0.359 e. The molecule has 2 rings (SSSR count). The molecule has 140 valence electrons. The van der Waals surface area contributed by atoms with Crippen LogP contribution in [0, 0.1) is 0 Å². The van der Waals surface area contributed by atoms with Crippen molar-refractivity contribution in [2.75, 3.05) is 6.26 Å². The zero-order chi connectivity index (χ0) is 18.7. The number of halogens is 3. The van der Waals surface area contributed by atoms with Gasteiger partial charge in [-0.05, 0) is 38.0 Å². The van der Waals surface area contributed by atoms with Gasteiger partial charge in [0.05, 0.1) is 9.71 Å². The van der Waals surface area contributed by atoms with Crippen LogP contribution in [0.4, 0.5) is 13.2 Å². The molecule has 1 unspecified atom stereocenters. The molecule has 1 atom stereocenters. The van der Waals surface area contributed by atoms with Gasteiger partial charge in [0.15, 0.2) is 5.11 Å². The molecule has 4 nitrogen and oxygen atoms in total.